The van der Waals surface area contributed by atoms with Gasteiger partial charge in [0, 0.05) is 6.54 Å². The van der Waals surface area contributed by atoms with Crippen LogP contribution in [0, 0.1) is 11.8 Å². The normalized spacial score (nSPS) is 23.1. The lowest BCUT2D eigenvalue weighted by Crippen LogP contribution is -2.44. The number of aliphatic carboxylic acids is 1. The van der Waals surface area contributed by atoms with Gasteiger partial charge in [-0.3, -0.25) is 9.59 Å². The quantitative estimate of drug-likeness (QED) is 0.538. The van der Waals surface area contributed by atoms with Gasteiger partial charge in [0.15, 0.2) is 0 Å². The molecule has 1 aliphatic rings. The predicted octanol–water partition coefficient (Wildman–Crippen LogP) is -0.338. The molecule has 0 saturated heterocycles. The van der Waals surface area contributed by atoms with E-state index in [0.717, 1.165) is 19.3 Å². The van der Waals surface area contributed by atoms with Crippen molar-refractivity contribution in [2.45, 2.75) is 25.7 Å². The molecule has 0 aliphatic heterocycles. The van der Waals surface area contributed by atoms with Gasteiger partial charge in [0.05, 0.1) is 12.5 Å². The van der Waals surface area contributed by atoms with Crippen molar-refractivity contribution in [2.24, 2.45) is 17.6 Å². The smallest absolute Gasteiger partial charge is 0.315 e. The molecule has 7 nitrogen and oxygen atoms in total. The molecule has 0 spiro atoms. The number of urea groups is 1. The largest absolute Gasteiger partial charge is 0.481 e. The lowest BCUT2D eigenvalue weighted by molar-refractivity contribution is -0.144. The molecule has 2 unspecified atom stereocenters. The Kier molecular flexibility index (Phi) is 5.41. The number of hydrogen-bond donors (Lipinski definition) is 4. The van der Waals surface area contributed by atoms with Crippen molar-refractivity contribution in [3.63, 3.8) is 0 Å². The van der Waals surface area contributed by atoms with Crippen LogP contribution in [0.4, 0.5) is 4.79 Å². The Morgan fingerprint density at radius 1 is 1.17 bits per heavy atom. The molecule has 0 aromatic carbocycles. The molecular formula is C11H19N3O4. The first-order valence-electron chi connectivity index (χ1n) is 6.03. The monoisotopic (exact) mass is 257 g/mol. The number of primary amides is 1. The molecule has 18 heavy (non-hydrogen) atoms. The van der Waals surface area contributed by atoms with Crippen LogP contribution in [0.5, 0.6) is 0 Å². The second-order valence-electron chi connectivity index (χ2n) is 4.52. The Morgan fingerprint density at radius 2 is 1.83 bits per heavy atom. The van der Waals surface area contributed by atoms with E-state index in [1.807, 2.05) is 0 Å². The maximum absolute atomic E-state index is 11.3. The van der Waals surface area contributed by atoms with Gasteiger partial charge in [0.25, 0.3) is 0 Å². The van der Waals surface area contributed by atoms with Gasteiger partial charge in [-0.2, -0.15) is 0 Å². The fourth-order valence-corrected chi connectivity index (χ4v) is 2.23. The Bertz CT molecular complexity index is 332. The number of hydrogen-bond acceptors (Lipinski definition) is 3. The van der Waals surface area contributed by atoms with E-state index in [-0.39, 0.29) is 12.5 Å². The standard InChI is InChI=1S/C11H19N3O4/c12-9(15)6-14-11(18)13-5-7-3-1-2-4-8(7)10(16)17/h7-8H,1-6H2,(H2,12,15)(H,16,17)(H2,13,14,18). The number of carboxylic acids is 1. The molecule has 0 heterocycles. The van der Waals surface area contributed by atoms with E-state index in [4.69, 9.17) is 10.8 Å². The van der Waals surface area contributed by atoms with Gasteiger partial charge in [-0.05, 0) is 18.8 Å². The van der Waals surface area contributed by atoms with E-state index in [2.05, 4.69) is 10.6 Å². The second kappa shape index (κ2) is 6.83. The summed E-state index contributed by atoms with van der Waals surface area (Å²) >= 11 is 0. The Labute approximate surface area is 105 Å². The molecule has 0 aromatic heterocycles. The molecule has 7 heteroatoms. The number of nitrogens with two attached hydrogens (primary N) is 1. The third kappa shape index (κ3) is 4.60. The Morgan fingerprint density at radius 3 is 2.44 bits per heavy atom. The molecule has 1 aliphatic carbocycles. The third-order valence-corrected chi connectivity index (χ3v) is 3.17. The highest BCUT2D eigenvalue weighted by atomic mass is 16.4. The van der Waals surface area contributed by atoms with E-state index in [1.165, 1.54) is 0 Å². The SMILES string of the molecule is NC(=O)CNC(=O)NCC1CCCCC1C(=O)O. The summed E-state index contributed by atoms with van der Waals surface area (Å²) in [5, 5.41) is 13.9. The predicted molar refractivity (Wildman–Crippen MR) is 63.7 cm³/mol. The first-order valence-corrected chi connectivity index (χ1v) is 6.03. The Balaban J connectivity index is 2.34. The molecule has 1 saturated carbocycles. The summed E-state index contributed by atoms with van der Waals surface area (Å²) in [5.41, 5.74) is 4.88. The number of nitrogens with one attached hydrogen (secondary N) is 2. The molecule has 0 radical (unpaired) electrons. The highest BCUT2D eigenvalue weighted by molar-refractivity contribution is 5.82. The Hall–Kier alpha value is -1.79. The van der Waals surface area contributed by atoms with Gasteiger partial charge in [-0.25, -0.2) is 4.79 Å². The zero-order valence-corrected chi connectivity index (χ0v) is 10.1. The number of carboxylic acid groups (broad SMARTS) is 1. The molecule has 102 valence electrons. The fraction of sp³-hybridized carbons (Fsp3) is 0.727. The summed E-state index contributed by atoms with van der Waals surface area (Å²) in [6.07, 6.45) is 3.36. The van der Waals surface area contributed by atoms with E-state index in [9.17, 15) is 14.4 Å². The molecule has 1 fully saturated rings. The summed E-state index contributed by atoms with van der Waals surface area (Å²) in [4.78, 5) is 32.8. The molecule has 0 aromatic rings. The van der Waals surface area contributed by atoms with Crippen LogP contribution >= 0.6 is 0 Å². The number of amides is 3. The van der Waals surface area contributed by atoms with E-state index >= 15 is 0 Å². The molecule has 2 atom stereocenters. The topological polar surface area (TPSA) is 122 Å². The number of rotatable bonds is 5. The summed E-state index contributed by atoms with van der Waals surface area (Å²) in [5.74, 6) is -1.86. The third-order valence-electron chi connectivity index (χ3n) is 3.17. The van der Waals surface area contributed by atoms with E-state index in [1.54, 1.807) is 0 Å². The fourth-order valence-electron chi connectivity index (χ4n) is 2.23. The van der Waals surface area contributed by atoms with Gasteiger partial charge in [-0.15, -0.1) is 0 Å². The van der Waals surface area contributed by atoms with Gasteiger partial charge < -0.3 is 21.5 Å². The van der Waals surface area contributed by atoms with Crippen LogP contribution in [0.15, 0.2) is 0 Å². The minimum Gasteiger partial charge on any atom is -0.481 e. The van der Waals surface area contributed by atoms with Gasteiger partial charge in [-0.1, -0.05) is 12.8 Å². The minimum absolute atomic E-state index is 0.0458. The maximum atomic E-state index is 11.3. The van der Waals surface area contributed by atoms with Crippen molar-refractivity contribution in [3.05, 3.63) is 0 Å². The summed E-state index contributed by atoms with van der Waals surface area (Å²) in [6, 6.07) is -0.497. The average molecular weight is 257 g/mol. The van der Waals surface area contributed by atoms with Crippen molar-refractivity contribution >= 4 is 17.9 Å². The van der Waals surface area contributed by atoms with Crippen LogP contribution in [0.3, 0.4) is 0 Å². The lowest BCUT2D eigenvalue weighted by Gasteiger charge is -2.28. The van der Waals surface area contributed by atoms with Crippen LogP contribution in [-0.4, -0.2) is 36.1 Å². The zero-order valence-electron chi connectivity index (χ0n) is 10.1. The van der Waals surface area contributed by atoms with Crippen LogP contribution in [0.25, 0.3) is 0 Å². The number of carbonyl (C=O) groups is 3. The van der Waals surface area contributed by atoms with Crippen LogP contribution in [-0.2, 0) is 9.59 Å². The van der Waals surface area contributed by atoms with Crippen molar-refractivity contribution in [1.82, 2.24) is 10.6 Å². The molecule has 5 N–H and O–H groups in total. The van der Waals surface area contributed by atoms with Crippen molar-refractivity contribution < 1.29 is 19.5 Å². The molecule has 3 amide bonds. The molecule has 0 bridgehead atoms. The van der Waals surface area contributed by atoms with Crippen molar-refractivity contribution in [1.29, 1.82) is 0 Å². The summed E-state index contributed by atoms with van der Waals surface area (Å²) in [6.45, 7) is 0.0838. The van der Waals surface area contributed by atoms with Gasteiger partial charge in [0.2, 0.25) is 5.91 Å². The maximum Gasteiger partial charge on any atom is 0.315 e. The number of carbonyl (C=O) groups excluding carboxylic acids is 2. The van der Waals surface area contributed by atoms with Gasteiger partial charge in [0.1, 0.15) is 0 Å². The summed E-state index contributed by atoms with van der Waals surface area (Å²) < 4.78 is 0. The minimum atomic E-state index is -0.806. The lowest BCUT2D eigenvalue weighted by atomic mass is 9.79. The van der Waals surface area contributed by atoms with E-state index < -0.39 is 23.8 Å². The summed E-state index contributed by atoms with van der Waals surface area (Å²) in [7, 11) is 0. The second-order valence-corrected chi connectivity index (χ2v) is 4.52. The van der Waals surface area contributed by atoms with Crippen molar-refractivity contribution in [3.8, 4) is 0 Å². The first kappa shape index (κ1) is 14.3. The first-order chi connectivity index (χ1) is 8.50. The molecule has 1 rings (SSSR count). The van der Waals surface area contributed by atoms with Crippen LogP contribution in [0.1, 0.15) is 25.7 Å². The van der Waals surface area contributed by atoms with Crippen LogP contribution < -0.4 is 16.4 Å². The van der Waals surface area contributed by atoms with E-state index in [0.29, 0.717) is 13.0 Å². The van der Waals surface area contributed by atoms with Crippen molar-refractivity contribution in [2.75, 3.05) is 13.1 Å². The van der Waals surface area contributed by atoms with Crippen LogP contribution in [0.2, 0.25) is 0 Å². The molecular weight excluding hydrogens is 238 g/mol. The highest BCUT2D eigenvalue weighted by Gasteiger charge is 2.30. The zero-order chi connectivity index (χ0) is 13.5. The average Bonchev–Trinajstić information content (AvgIpc) is 2.34. The van der Waals surface area contributed by atoms with Gasteiger partial charge >= 0.3 is 12.0 Å². The highest BCUT2D eigenvalue weighted by Crippen LogP contribution is 2.29.